The first kappa shape index (κ1) is 15.9. The van der Waals surface area contributed by atoms with Gasteiger partial charge in [0.25, 0.3) is 0 Å². The van der Waals surface area contributed by atoms with Crippen molar-refractivity contribution in [3.05, 3.63) is 53.6 Å². The van der Waals surface area contributed by atoms with E-state index in [4.69, 9.17) is 14.2 Å². The molecule has 0 spiro atoms. The molecule has 0 radical (unpaired) electrons. The van der Waals surface area contributed by atoms with Crippen molar-refractivity contribution in [1.29, 1.82) is 0 Å². The van der Waals surface area contributed by atoms with Crippen molar-refractivity contribution in [2.45, 2.75) is 6.04 Å². The standard InChI is InChI=1S/C18H17NO5/c1-22-15-9-12(8-14(20)17(15)23-2)16(21)13-10-24-18(19-13)11-6-4-3-5-7-11/h3-9,13,20H,10H2,1-2H3. The largest absolute Gasteiger partial charge is 0.504 e. The number of aliphatic imine (C=N–C) groups is 1. The number of carbonyl (C=O) groups excluding carboxylic acids is 1. The molecule has 6 nitrogen and oxygen atoms in total. The molecule has 2 aromatic rings. The van der Waals surface area contributed by atoms with Crippen LogP contribution in [-0.2, 0) is 4.74 Å². The smallest absolute Gasteiger partial charge is 0.217 e. The molecule has 3 rings (SSSR count). The first-order valence-electron chi connectivity index (χ1n) is 7.39. The quantitative estimate of drug-likeness (QED) is 0.854. The summed E-state index contributed by atoms with van der Waals surface area (Å²) >= 11 is 0. The third-order valence-electron chi connectivity index (χ3n) is 3.72. The second-order valence-corrected chi connectivity index (χ2v) is 5.22. The van der Waals surface area contributed by atoms with E-state index in [1.807, 2.05) is 30.3 Å². The second kappa shape index (κ2) is 6.62. The molecule has 1 aliphatic rings. The molecule has 124 valence electrons. The molecular weight excluding hydrogens is 310 g/mol. The number of ketones is 1. The molecule has 0 aliphatic carbocycles. The van der Waals surface area contributed by atoms with Gasteiger partial charge in [0.1, 0.15) is 6.61 Å². The van der Waals surface area contributed by atoms with E-state index in [-0.39, 0.29) is 35.2 Å². The van der Waals surface area contributed by atoms with Gasteiger partial charge in [0, 0.05) is 11.1 Å². The topological polar surface area (TPSA) is 77.4 Å². The van der Waals surface area contributed by atoms with E-state index >= 15 is 0 Å². The second-order valence-electron chi connectivity index (χ2n) is 5.22. The van der Waals surface area contributed by atoms with Gasteiger partial charge in [-0.3, -0.25) is 4.79 Å². The Kier molecular flexibility index (Phi) is 4.37. The molecular formula is C18H17NO5. The van der Waals surface area contributed by atoms with Crippen molar-refractivity contribution in [1.82, 2.24) is 0 Å². The van der Waals surface area contributed by atoms with Crippen LogP contribution in [0.15, 0.2) is 47.5 Å². The lowest BCUT2D eigenvalue weighted by molar-refractivity contribution is 0.0947. The fourth-order valence-electron chi connectivity index (χ4n) is 2.53. The van der Waals surface area contributed by atoms with Crippen molar-refractivity contribution < 1.29 is 24.1 Å². The van der Waals surface area contributed by atoms with Gasteiger partial charge < -0.3 is 19.3 Å². The highest BCUT2D eigenvalue weighted by atomic mass is 16.5. The summed E-state index contributed by atoms with van der Waals surface area (Å²) in [4.78, 5) is 17.0. The highest BCUT2D eigenvalue weighted by Gasteiger charge is 2.28. The van der Waals surface area contributed by atoms with Crippen LogP contribution in [0.5, 0.6) is 17.2 Å². The number of ether oxygens (including phenoxy) is 3. The number of rotatable bonds is 5. The number of carbonyl (C=O) groups is 1. The van der Waals surface area contributed by atoms with Crippen molar-refractivity contribution in [3.8, 4) is 17.2 Å². The van der Waals surface area contributed by atoms with E-state index < -0.39 is 6.04 Å². The summed E-state index contributed by atoms with van der Waals surface area (Å²) in [5.41, 5.74) is 1.11. The molecule has 0 aromatic heterocycles. The van der Waals surface area contributed by atoms with Gasteiger partial charge in [0.05, 0.1) is 14.2 Å². The molecule has 1 heterocycles. The first-order chi connectivity index (χ1) is 11.6. The molecule has 2 aromatic carbocycles. The fourth-order valence-corrected chi connectivity index (χ4v) is 2.53. The van der Waals surface area contributed by atoms with E-state index in [0.717, 1.165) is 5.56 Å². The predicted molar refractivity (Wildman–Crippen MR) is 88.3 cm³/mol. The van der Waals surface area contributed by atoms with Crippen molar-refractivity contribution in [3.63, 3.8) is 0 Å². The number of aromatic hydroxyl groups is 1. The van der Waals surface area contributed by atoms with Crippen LogP contribution < -0.4 is 9.47 Å². The average Bonchev–Trinajstić information content (AvgIpc) is 3.11. The molecule has 0 amide bonds. The molecule has 6 heteroatoms. The van der Waals surface area contributed by atoms with Crippen molar-refractivity contribution in [2.24, 2.45) is 4.99 Å². The van der Waals surface area contributed by atoms with Crippen LogP contribution in [0.1, 0.15) is 15.9 Å². The molecule has 1 N–H and O–H groups in total. The Morgan fingerprint density at radius 2 is 1.96 bits per heavy atom. The van der Waals surface area contributed by atoms with E-state index in [1.165, 1.54) is 26.4 Å². The minimum Gasteiger partial charge on any atom is -0.504 e. The zero-order valence-electron chi connectivity index (χ0n) is 13.4. The van der Waals surface area contributed by atoms with Gasteiger partial charge in [0.15, 0.2) is 23.3 Å². The zero-order valence-corrected chi connectivity index (χ0v) is 13.4. The van der Waals surface area contributed by atoms with Crippen LogP contribution in [-0.4, -0.2) is 43.7 Å². The SMILES string of the molecule is COc1cc(C(=O)C2COC(c3ccccc3)=N2)cc(O)c1OC. The summed E-state index contributed by atoms with van der Waals surface area (Å²) < 4.78 is 15.8. The zero-order chi connectivity index (χ0) is 17.1. The summed E-state index contributed by atoms with van der Waals surface area (Å²) in [6, 6.07) is 11.6. The lowest BCUT2D eigenvalue weighted by Gasteiger charge is -2.12. The number of hydrogen-bond acceptors (Lipinski definition) is 6. The van der Waals surface area contributed by atoms with Gasteiger partial charge in [-0.15, -0.1) is 0 Å². The van der Waals surface area contributed by atoms with Crippen LogP contribution in [0.25, 0.3) is 0 Å². The third kappa shape index (κ3) is 2.90. The molecule has 24 heavy (non-hydrogen) atoms. The number of nitrogens with zero attached hydrogens (tertiary/aromatic N) is 1. The van der Waals surface area contributed by atoms with Gasteiger partial charge >= 0.3 is 0 Å². The third-order valence-corrected chi connectivity index (χ3v) is 3.72. The van der Waals surface area contributed by atoms with Gasteiger partial charge in [-0.2, -0.15) is 0 Å². The van der Waals surface area contributed by atoms with E-state index in [1.54, 1.807) is 0 Å². The normalized spacial score (nSPS) is 16.2. The monoisotopic (exact) mass is 327 g/mol. The molecule has 0 saturated carbocycles. The fraction of sp³-hybridized carbons (Fsp3) is 0.222. The summed E-state index contributed by atoms with van der Waals surface area (Å²) in [5, 5.41) is 10.0. The molecule has 0 fully saturated rings. The Balaban J connectivity index is 1.88. The van der Waals surface area contributed by atoms with Crippen molar-refractivity contribution in [2.75, 3.05) is 20.8 Å². The lowest BCUT2D eigenvalue weighted by Crippen LogP contribution is -2.20. The maximum atomic E-state index is 12.6. The molecule has 1 aliphatic heterocycles. The van der Waals surface area contributed by atoms with Gasteiger partial charge in [0.2, 0.25) is 11.6 Å². The Morgan fingerprint density at radius 1 is 1.21 bits per heavy atom. The van der Waals surface area contributed by atoms with Crippen molar-refractivity contribution >= 4 is 11.7 Å². The van der Waals surface area contributed by atoms with Crippen LogP contribution in [0.3, 0.4) is 0 Å². The molecule has 0 bridgehead atoms. The highest BCUT2D eigenvalue weighted by Crippen LogP contribution is 2.37. The maximum absolute atomic E-state index is 12.6. The van der Waals surface area contributed by atoms with Crippen LogP contribution in [0.2, 0.25) is 0 Å². The summed E-state index contributed by atoms with van der Waals surface area (Å²) in [6.07, 6.45) is 0. The minimum atomic E-state index is -0.655. The maximum Gasteiger partial charge on any atom is 0.217 e. The number of phenolic OH excluding ortho intramolecular Hbond substituents is 1. The van der Waals surface area contributed by atoms with Gasteiger partial charge in [-0.1, -0.05) is 18.2 Å². The highest BCUT2D eigenvalue weighted by molar-refractivity contribution is 6.05. The number of phenols is 1. The molecule has 0 saturated heterocycles. The lowest BCUT2D eigenvalue weighted by atomic mass is 10.0. The Hall–Kier alpha value is -3.02. The Bertz CT molecular complexity index is 785. The predicted octanol–water partition coefficient (Wildman–Crippen LogP) is 2.44. The molecule has 1 unspecified atom stereocenters. The van der Waals surface area contributed by atoms with E-state index in [2.05, 4.69) is 4.99 Å². The van der Waals surface area contributed by atoms with E-state index in [0.29, 0.717) is 5.90 Å². The van der Waals surface area contributed by atoms with Crippen LogP contribution >= 0.6 is 0 Å². The van der Waals surface area contributed by atoms with Gasteiger partial charge in [-0.05, 0) is 24.3 Å². The Labute approximate surface area is 139 Å². The molecule has 1 atom stereocenters. The summed E-state index contributed by atoms with van der Waals surface area (Å²) in [6.45, 7) is 0.165. The average molecular weight is 327 g/mol. The first-order valence-corrected chi connectivity index (χ1v) is 7.39. The summed E-state index contributed by atoms with van der Waals surface area (Å²) in [5.74, 6) is 0.499. The minimum absolute atomic E-state index is 0.161. The number of hydrogen-bond donors (Lipinski definition) is 1. The number of Topliss-reactive ketones (excluding diaryl/α,β-unsaturated/α-hetero) is 1. The van der Waals surface area contributed by atoms with Crippen LogP contribution in [0, 0.1) is 0 Å². The summed E-state index contributed by atoms with van der Waals surface area (Å²) in [7, 11) is 2.86. The van der Waals surface area contributed by atoms with Crippen LogP contribution in [0.4, 0.5) is 0 Å². The van der Waals surface area contributed by atoms with Gasteiger partial charge in [-0.25, -0.2) is 4.99 Å². The number of methoxy groups -OCH3 is 2. The number of benzene rings is 2. The Morgan fingerprint density at radius 3 is 2.62 bits per heavy atom. The van der Waals surface area contributed by atoms with E-state index in [9.17, 15) is 9.90 Å².